The highest BCUT2D eigenvalue weighted by Crippen LogP contribution is 2.26. The molecule has 0 aromatic heterocycles. The van der Waals surface area contributed by atoms with E-state index in [4.69, 9.17) is 0 Å². The number of aliphatic hydroxyl groups excluding tert-OH is 1. The second kappa shape index (κ2) is 7.40. The zero-order valence-electron chi connectivity index (χ0n) is 14.4. The Morgan fingerprint density at radius 3 is 2.05 bits per heavy atom. The average Bonchev–Trinajstić information content (AvgIpc) is 3.30. The van der Waals surface area contributed by atoms with Gasteiger partial charge in [0.05, 0.1) is 6.61 Å². The summed E-state index contributed by atoms with van der Waals surface area (Å²) in [4.78, 5) is 5.21. The van der Waals surface area contributed by atoms with Crippen LogP contribution in [0.3, 0.4) is 0 Å². The summed E-state index contributed by atoms with van der Waals surface area (Å²) in [5, 5.41) is 13.4. The van der Waals surface area contributed by atoms with Crippen LogP contribution in [0.25, 0.3) is 0 Å². The molecule has 0 aromatic carbocycles. The minimum absolute atomic E-state index is 0.117. The minimum Gasteiger partial charge on any atom is -0.394 e. The van der Waals surface area contributed by atoms with Crippen molar-refractivity contribution in [3.63, 3.8) is 0 Å². The van der Waals surface area contributed by atoms with Crippen LogP contribution in [0.2, 0.25) is 0 Å². The van der Waals surface area contributed by atoms with E-state index in [0.717, 1.165) is 19.5 Å². The van der Waals surface area contributed by atoms with Gasteiger partial charge in [0.25, 0.3) is 0 Å². The maximum absolute atomic E-state index is 9.77. The Kier molecular flexibility index (Phi) is 6.06. The summed E-state index contributed by atoms with van der Waals surface area (Å²) < 4.78 is 0. The summed E-state index contributed by atoms with van der Waals surface area (Å²) in [6.45, 7) is 14.0. The Morgan fingerprint density at radius 1 is 1.10 bits per heavy atom. The van der Waals surface area contributed by atoms with Crippen LogP contribution in [0.1, 0.15) is 53.4 Å². The molecule has 1 aliphatic heterocycles. The van der Waals surface area contributed by atoms with Crippen LogP contribution in [0.5, 0.6) is 0 Å². The molecule has 21 heavy (non-hydrogen) atoms. The second-order valence-corrected chi connectivity index (χ2v) is 7.52. The topological polar surface area (TPSA) is 38.7 Å². The summed E-state index contributed by atoms with van der Waals surface area (Å²) in [5.74, 6) is 0. The van der Waals surface area contributed by atoms with E-state index in [2.05, 4.69) is 42.8 Å². The van der Waals surface area contributed by atoms with Crippen LogP contribution < -0.4 is 5.32 Å². The summed E-state index contributed by atoms with van der Waals surface area (Å²) in [6.07, 6.45) is 4.82. The Morgan fingerprint density at radius 2 is 1.62 bits per heavy atom. The van der Waals surface area contributed by atoms with Crippen molar-refractivity contribution < 1.29 is 5.11 Å². The molecule has 4 heteroatoms. The van der Waals surface area contributed by atoms with Gasteiger partial charge in [0, 0.05) is 49.8 Å². The van der Waals surface area contributed by atoms with Crippen LogP contribution in [-0.4, -0.2) is 71.4 Å². The van der Waals surface area contributed by atoms with Crippen LogP contribution >= 0.6 is 0 Å². The third-order valence-corrected chi connectivity index (χ3v) is 5.41. The number of hydrogen-bond donors (Lipinski definition) is 2. The van der Waals surface area contributed by atoms with Crippen molar-refractivity contribution in [2.75, 3.05) is 32.8 Å². The second-order valence-electron chi connectivity index (χ2n) is 7.52. The van der Waals surface area contributed by atoms with Gasteiger partial charge in [-0.1, -0.05) is 6.92 Å². The minimum atomic E-state index is -0.117. The van der Waals surface area contributed by atoms with Crippen molar-refractivity contribution in [3.8, 4) is 0 Å². The lowest BCUT2D eigenvalue weighted by molar-refractivity contribution is 0.0558. The van der Waals surface area contributed by atoms with Gasteiger partial charge in [-0.15, -0.1) is 0 Å². The molecule has 0 bridgehead atoms. The van der Waals surface area contributed by atoms with Gasteiger partial charge in [0.15, 0.2) is 0 Å². The van der Waals surface area contributed by atoms with Crippen LogP contribution in [0.4, 0.5) is 0 Å². The molecular formula is C17H35N3O. The van der Waals surface area contributed by atoms with Crippen LogP contribution in [-0.2, 0) is 0 Å². The summed E-state index contributed by atoms with van der Waals surface area (Å²) in [5.41, 5.74) is -0.117. The zero-order chi connectivity index (χ0) is 15.5. The number of hydrogen-bond acceptors (Lipinski definition) is 4. The number of piperazine rings is 1. The molecule has 2 fully saturated rings. The fraction of sp³-hybridized carbons (Fsp3) is 1.00. The van der Waals surface area contributed by atoms with E-state index in [9.17, 15) is 5.11 Å². The Balaban J connectivity index is 1.79. The predicted molar refractivity (Wildman–Crippen MR) is 88.6 cm³/mol. The molecule has 1 saturated carbocycles. The van der Waals surface area contributed by atoms with Gasteiger partial charge in [-0.25, -0.2) is 0 Å². The van der Waals surface area contributed by atoms with E-state index < -0.39 is 0 Å². The van der Waals surface area contributed by atoms with Crippen LogP contribution in [0, 0.1) is 0 Å². The Bertz CT molecular complexity index is 313. The number of nitrogens with zero attached hydrogens (tertiary/aromatic N) is 2. The summed E-state index contributed by atoms with van der Waals surface area (Å²) >= 11 is 0. The highest BCUT2D eigenvalue weighted by Gasteiger charge is 2.35. The molecule has 2 aliphatic rings. The molecular weight excluding hydrogens is 262 g/mol. The molecule has 124 valence electrons. The first kappa shape index (κ1) is 17.2. The maximum atomic E-state index is 9.77. The largest absolute Gasteiger partial charge is 0.394 e. The van der Waals surface area contributed by atoms with E-state index in [1.54, 1.807) is 0 Å². The number of nitrogens with one attached hydrogen (secondary N) is 1. The SMILES string of the molecule is CCC(C)N1CCN(C(C)CC(C)(CO)NC2CC2)CC1. The Hall–Kier alpha value is -0.160. The van der Waals surface area contributed by atoms with Gasteiger partial charge in [0.2, 0.25) is 0 Å². The first-order valence-electron chi connectivity index (χ1n) is 8.84. The molecule has 0 aromatic rings. The third-order valence-electron chi connectivity index (χ3n) is 5.41. The Labute approximate surface area is 130 Å². The van der Waals surface area contributed by atoms with E-state index in [0.29, 0.717) is 18.1 Å². The first-order valence-corrected chi connectivity index (χ1v) is 8.84. The molecule has 3 unspecified atom stereocenters. The zero-order valence-corrected chi connectivity index (χ0v) is 14.4. The van der Waals surface area contributed by atoms with Crippen LogP contribution in [0.15, 0.2) is 0 Å². The smallest absolute Gasteiger partial charge is 0.0611 e. The molecule has 2 rings (SSSR count). The third kappa shape index (κ3) is 4.92. The molecule has 2 N–H and O–H groups in total. The average molecular weight is 297 g/mol. The lowest BCUT2D eigenvalue weighted by Crippen LogP contribution is -2.56. The quantitative estimate of drug-likeness (QED) is 0.715. The molecule has 0 spiro atoms. The predicted octanol–water partition coefficient (Wildman–Crippen LogP) is 1.68. The fourth-order valence-electron chi connectivity index (χ4n) is 3.55. The van der Waals surface area contributed by atoms with E-state index in [1.807, 2.05) is 0 Å². The van der Waals surface area contributed by atoms with Crippen molar-refractivity contribution in [2.45, 2.75) is 77.0 Å². The lowest BCUT2D eigenvalue weighted by Gasteiger charge is -2.43. The van der Waals surface area contributed by atoms with Crippen molar-refractivity contribution in [2.24, 2.45) is 0 Å². The standard InChI is InChI=1S/C17H35N3O/c1-5-14(2)19-8-10-20(11-9-19)15(3)12-17(4,13-21)18-16-6-7-16/h14-16,18,21H,5-13H2,1-4H3. The van der Waals surface area contributed by atoms with Crippen molar-refractivity contribution in [3.05, 3.63) is 0 Å². The monoisotopic (exact) mass is 297 g/mol. The summed E-state index contributed by atoms with van der Waals surface area (Å²) in [6, 6.07) is 1.89. The number of rotatable bonds is 8. The maximum Gasteiger partial charge on any atom is 0.0611 e. The molecule has 0 radical (unpaired) electrons. The van der Waals surface area contributed by atoms with Crippen molar-refractivity contribution in [1.82, 2.24) is 15.1 Å². The first-order chi connectivity index (χ1) is 9.97. The van der Waals surface area contributed by atoms with Gasteiger partial charge in [-0.2, -0.15) is 0 Å². The van der Waals surface area contributed by atoms with Crippen molar-refractivity contribution >= 4 is 0 Å². The molecule has 1 saturated heterocycles. The van der Waals surface area contributed by atoms with E-state index >= 15 is 0 Å². The molecule has 1 heterocycles. The molecule has 1 aliphatic carbocycles. The van der Waals surface area contributed by atoms with Gasteiger partial charge in [-0.3, -0.25) is 9.80 Å². The van der Waals surface area contributed by atoms with Gasteiger partial charge in [-0.05, 0) is 46.5 Å². The van der Waals surface area contributed by atoms with Gasteiger partial charge < -0.3 is 10.4 Å². The molecule has 3 atom stereocenters. The lowest BCUT2D eigenvalue weighted by atomic mass is 9.93. The van der Waals surface area contributed by atoms with Gasteiger partial charge >= 0.3 is 0 Å². The highest BCUT2D eigenvalue weighted by atomic mass is 16.3. The van der Waals surface area contributed by atoms with E-state index in [1.165, 1.54) is 32.4 Å². The van der Waals surface area contributed by atoms with Crippen molar-refractivity contribution in [1.29, 1.82) is 0 Å². The fourth-order valence-corrected chi connectivity index (χ4v) is 3.55. The van der Waals surface area contributed by atoms with Gasteiger partial charge in [0.1, 0.15) is 0 Å². The summed E-state index contributed by atoms with van der Waals surface area (Å²) in [7, 11) is 0. The van der Waals surface area contributed by atoms with E-state index in [-0.39, 0.29) is 12.1 Å². The highest BCUT2D eigenvalue weighted by molar-refractivity contribution is 4.95. The molecule has 4 nitrogen and oxygen atoms in total. The normalized spacial score (nSPS) is 27.3. The molecule has 0 amide bonds. The number of aliphatic hydroxyl groups is 1.